The smallest absolute Gasteiger partial charge is 0.187 e. The maximum absolute atomic E-state index is 11.0. The van der Waals surface area contributed by atoms with E-state index in [1.807, 2.05) is 0 Å². The summed E-state index contributed by atoms with van der Waals surface area (Å²) in [5, 5.41) is 126. The van der Waals surface area contributed by atoms with Crippen molar-refractivity contribution in [2.45, 2.75) is 163 Å². The van der Waals surface area contributed by atoms with Gasteiger partial charge in [0.1, 0.15) is 97.7 Å². The average molecular weight is 751 g/mol. The maximum Gasteiger partial charge on any atom is 0.187 e. The largest absolute Gasteiger partial charge is 0.394 e. The van der Waals surface area contributed by atoms with Gasteiger partial charge in [-0.3, -0.25) is 0 Å². The molecule has 0 bridgehead atoms. The Bertz CT molecular complexity index is 1030. The lowest BCUT2D eigenvalue weighted by Gasteiger charge is -2.49. The molecule has 51 heavy (non-hydrogen) atoms. The van der Waals surface area contributed by atoms with E-state index in [-0.39, 0.29) is 0 Å². The van der Waals surface area contributed by atoms with Gasteiger partial charge in [0.2, 0.25) is 0 Å². The van der Waals surface area contributed by atoms with Crippen LogP contribution < -0.4 is 0 Å². The molecular weight excluding hydrogens is 696 g/mol. The molecule has 0 aromatic rings. The Balaban J connectivity index is 1.42. The van der Waals surface area contributed by atoms with Crippen molar-refractivity contribution in [2.24, 2.45) is 0 Å². The second-order valence-corrected chi connectivity index (χ2v) is 13.5. The average Bonchev–Trinajstić information content (AvgIpc) is 3.09. The predicted octanol–water partition coefficient (Wildman–Crippen LogP) is -6.88. The van der Waals surface area contributed by atoms with Gasteiger partial charge >= 0.3 is 0 Å². The van der Waals surface area contributed by atoms with Crippen molar-refractivity contribution in [1.82, 2.24) is 0 Å². The molecule has 0 aromatic heterocycles. The molecule has 300 valence electrons. The van der Waals surface area contributed by atoms with Gasteiger partial charge in [0.05, 0.1) is 38.6 Å². The molecule has 4 aliphatic rings. The molecule has 4 fully saturated rings. The first kappa shape index (κ1) is 42.9. The summed E-state index contributed by atoms with van der Waals surface area (Å²) in [7, 11) is 0. The minimum absolute atomic E-state index is 0.408. The van der Waals surface area contributed by atoms with Crippen LogP contribution in [0.5, 0.6) is 0 Å². The second-order valence-electron chi connectivity index (χ2n) is 13.5. The minimum atomic E-state index is -1.99. The second kappa shape index (κ2) is 18.7. The molecule has 0 aromatic carbocycles. The summed E-state index contributed by atoms with van der Waals surface area (Å²) in [6.07, 6.45) is -33.5. The highest BCUT2D eigenvalue weighted by Crippen LogP contribution is 2.35. The third-order valence-corrected chi connectivity index (χ3v) is 8.99. The molecule has 0 spiro atoms. The summed E-state index contributed by atoms with van der Waals surface area (Å²) in [4.78, 5) is 0. The van der Waals surface area contributed by atoms with Crippen LogP contribution >= 0.6 is 0 Å². The highest BCUT2D eigenvalue weighted by atomic mass is 16.8. The zero-order chi connectivity index (χ0) is 37.9. The van der Waals surface area contributed by atoms with Crippen LogP contribution in [0.15, 0.2) is 0 Å². The third kappa shape index (κ3) is 9.52. The molecule has 0 amide bonds. The van der Waals surface area contributed by atoms with Gasteiger partial charge in [-0.25, -0.2) is 0 Å². The van der Waals surface area contributed by atoms with E-state index in [9.17, 15) is 61.3 Å². The van der Waals surface area contributed by atoms with Crippen LogP contribution in [0, 0.1) is 0 Å². The highest BCUT2D eigenvalue weighted by molar-refractivity contribution is 4.98. The first-order chi connectivity index (χ1) is 24.1. The zero-order valence-electron chi connectivity index (χ0n) is 28.6. The number of aliphatic hydroxyl groups excluding tert-OH is 12. The lowest BCUT2D eigenvalue weighted by atomic mass is 9.95. The highest BCUT2D eigenvalue weighted by Gasteiger charge is 2.55. The summed E-state index contributed by atoms with van der Waals surface area (Å²) >= 11 is 0. The van der Waals surface area contributed by atoms with Crippen molar-refractivity contribution in [1.29, 1.82) is 0 Å². The van der Waals surface area contributed by atoms with E-state index in [2.05, 4.69) is 0 Å². The number of rotatable bonds is 14. The first-order valence-electron chi connectivity index (χ1n) is 16.8. The van der Waals surface area contributed by atoms with Crippen LogP contribution in [0.3, 0.4) is 0 Å². The Morgan fingerprint density at radius 3 is 0.922 bits per heavy atom. The van der Waals surface area contributed by atoms with Crippen LogP contribution in [0.4, 0.5) is 0 Å². The Hall–Kier alpha value is -0.840. The minimum Gasteiger partial charge on any atom is -0.394 e. The molecule has 0 aliphatic carbocycles. The van der Waals surface area contributed by atoms with Gasteiger partial charge < -0.3 is 104 Å². The first-order valence-corrected chi connectivity index (χ1v) is 16.8. The summed E-state index contributed by atoms with van der Waals surface area (Å²) in [6, 6.07) is 0. The number of ether oxygens (including phenoxy) is 9. The van der Waals surface area contributed by atoms with E-state index in [1.165, 1.54) is 0 Å². The summed E-state index contributed by atoms with van der Waals surface area (Å²) in [5.74, 6) is 0. The van der Waals surface area contributed by atoms with E-state index in [1.54, 1.807) is 27.7 Å². The Morgan fingerprint density at radius 1 is 0.373 bits per heavy atom. The zero-order valence-corrected chi connectivity index (χ0v) is 28.6. The standard InChI is InChI=1S/C30H54O21/c1-9(2)43-23-11(5-31)46-28(20(40)15(23)35)50-25-13(7-33)48-30(22(42)17(25)37)51-26-14(8-34)47-29(21(41)18(26)38)49-24-12(6-32)45-27(44-10(3)4)19(39)16(24)36/h9-42H,5-8H2,1-4H3/t11?,12?,13?,14?,15-,16-,17-,18-,19?,20?,21?,22?,23-,24-,25-,26-,27+,28-,29-,30-/m1/s1. The van der Waals surface area contributed by atoms with Crippen molar-refractivity contribution in [3.8, 4) is 0 Å². The molecule has 4 heterocycles. The Kier molecular flexibility index (Phi) is 15.7. The van der Waals surface area contributed by atoms with E-state index >= 15 is 0 Å². The van der Waals surface area contributed by atoms with Crippen LogP contribution in [-0.2, 0) is 42.6 Å². The summed E-state index contributed by atoms with van der Waals surface area (Å²) in [6.45, 7) is 3.56. The fraction of sp³-hybridized carbons (Fsp3) is 1.00. The van der Waals surface area contributed by atoms with Gasteiger partial charge in [-0.15, -0.1) is 0 Å². The van der Waals surface area contributed by atoms with E-state index in [4.69, 9.17) is 42.6 Å². The lowest BCUT2D eigenvalue weighted by molar-refractivity contribution is -0.389. The normalized spacial score (nSPS) is 48.4. The van der Waals surface area contributed by atoms with Crippen molar-refractivity contribution in [2.75, 3.05) is 26.4 Å². The SMILES string of the molecule is CC(C)O[C@H]1OC(CO)[C@@H](O[C@H]2OC(CO)[C@@H](O[C@H]3OC(CO)[C@@H](O[C@H]4OC(CO)[C@@H](OC(C)C)[C@H](O)C4O)[C@H](O)C3O)[C@H](O)C2O)[C@H](O)C1O. The van der Waals surface area contributed by atoms with Crippen molar-refractivity contribution in [3.05, 3.63) is 0 Å². The van der Waals surface area contributed by atoms with Gasteiger partial charge in [-0.05, 0) is 27.7 Å². The molecule has 8 unspecified atom stereocenters. The molecule has 21 nitrogen and oxygen atoms in total. The Morgan fingerprint density at radius 2 is 0.627 bits per heavy atom. The van der Waals surface area contributed by atoms with Gasteiger partial charge in [0.25, 0.3) is 0 Å². The summed E-state index contributed by atoms with van der Waals surface area (Å²) in [5.41, 5.74) is 0. The van der Waals surface area contributed by atoms with Crippen LogP contribution in [0.1, 0.15) is 27.7 Å². The molecule has 12 N–H and O–H groups in total. The molecule has 0 radical (unpaired) electrons. The molecule has 4 rings (SSSR count). The van der Waals surface area contributed by atoms with Gasteiger partial charge in [-0.1, -0.05) is 0 Å². The fourth-order valence-electron chi connectivity index (χ4n) is 6.38. The quantitative estimate of drug-likeness (QED) is 0.0785. The lowest BCUT2D eigenvalue weighted by Crippen LogP contribution is -2.67. The fourth-order valence-corrected chi connectivity index (χ4v) is 6.38. The monoisotopic (exact) mass is 750 g/mol. The van der Waals surface area contributed by atoms with Crippen LogP contribution in [-0.4, -0.2) is 223 Å². The topological polar surface area (TPSA) is 326 Å². The number of aliphatic hydroxyl groups is 12. The van der Waals surface area contributed by atoms with E-state index in [0.29, 0.717) is 0 Å². The van der Waals surface area contributed by atoms with Crippen LogP contribution in [0.25, 0.3) is 0 Å². The number of hydrogen-bond donors (Lipinski definition) is 12. The molecule has 4 saturated heterocycles. The van der Waals surface area contributed by atoms with Gasteiger partial charge in [0.15, 0.2) is 25.2 Å². The molecule has 4 aliphatic heterocycles. The molecule has 20 atom stereocenters. The summed E-state index contributed by atoms with van der Waals surface area (Å²) < 4.78 is 50.3. The van der Waals surface area contributed by atoms with Gasteiger partial charge in [-0.2, -0.15) is 0 Å². The van der Waals surface area contributed by atoms with Crippen LogP contribution in [0.2, 0.25) is 0 Å². The molecule has 21 heteroatoms. The van der Waals surface area contributed by atoms with Crippen molar-refractivity contribution in [3.63, 3.8) is 0 Å². The number of hydrogen-bond acceptors (Lipinski definition) is 21. The van der Waals surface area contributed by atoms with E-state index in [0.717, 1.165) is 0 Å². The van der Waals surface area contributed by atoms with Gasteiger partial charge in [0, 0.05) is 0 Å². The maximum atomic E-state index is 11.0. The predicted molar refractivity (Wildman–Crippen MR) is 162 cm³/mol. The third-order valence-electron chi connectivity index (χ3n) is 8.99. The van der Waals surface area contributed by atoms with Crippen molar-refractivity contribution < 1.29 is 104 Å². The molecular formula is C30H54O21. The van der Waals surface area contributed by atoms with Crippen molar-refractivity contribution >= 4 is 0 Å². The van der Waals surface area contributed by atoms with E-state index < -0.39 is 161 Å². The Labute approximate surface area is 293 Å². The molecule has 0 saturated carbocycles.